The van der Waals surface area contributed by atoms with E-state index in [2.05, 4.69) is 24.0 Å². The second kappa shape index (κ2) is 9.96. The van der Waals surface area contributed by atoms with E-state index in [0.717, 1.165) is 24.3 Å². The fourth-order valence-electron chi connectivity index (χ4n) is 4.27. The molecule has 1 aromatic heterocycles. The van der Waals surface area contributed by atoms with Crippen LogP contribution in [0.1, 0.15) is 20.3 Å². The number of likely N-dealkylation sites (tertiary alicyclic amines) is 1. The summed E-state index contributed by atoms with van der Waals surface area (Å²) in [4.78, 5) is 14.9. The lowest BCUT2D eigenvalue weighted by atomic mass is 9.92. The predicted molar refractivity (Wildman–Crippen MR) is 129 cm³/mol. The van der Waals surface area contributed by atoms with Crippen LogP contribution >= 0.6 is 23.4 Å². The maximum absolute atomic E-state index is 12.9. The number of thioether (sulfide) groups is 1. The predicted octanol–water partition coefficient (Wildman–Crippen LogP) is 5.19. The molecule has 2 heterocycles. The molecule has 0 unspecified atom stereocenters. The van der Waals surface area contributed by atoms with Crippen LogP contribution in [0.2, 0.25) is 5.02 Å². The van der Waals surface area contributed by atoms with Gasteiger partial charge in [0, 0.05) is 23.8 Å². The number of methoxy groups -OCH3 is 1. The average Bonchev–Trinajstić information content (AvgIpc) is 3.21. The van der Waals surface area contributed by atoms with Gasteiger partial charge in [0.2, 0.25) is 5.91 Å². The number of ether oxygens (including phenoxy) is 1. The minimum Gasteiger partial charge on any atom is -0.496 e. The molecule has 1 saturated heterocycles. The van der Waals surface area contributed by atoms with Crippen molar-refractivity contribution in [1.82, 2.24) is 19.7 Å². The molecule has 168 valence electrons. The van der Waals surface area contributed by atoms with E-state index in [9.17, 15) is 4.79 Å². The van der Waals surface area contributed by atoms with Crippen LogP contribution in [0.15, 0.2) is 53.7 Å². The number of amides is 1. The first-order valence-corrected chi connectivity index (χ1v) is 12.1. The molecule has 8 heteroatoms. The number of nitrogens with zero attached hydrogens (tertiary/aromatic N) is 4. The van der Waals surface area contributed by atoms with Gasteiger partial charge in [0.05, 0.1) is 18.4 Å². The minimum atomic E-state index is 0.137. The monoisotopic (exact) mass is 470 g/mol. The average molecular weight is 471 g/mol. The zero-order valence-electron chi connectivity index (χ0n) is 18.5. The van der Waals surface area contributed by atoms with Crippen molar-refractivity contribution in [3.05, 3.63) is 53.6 Å². The van der Waals surface area contributed by atoms with Gasteiger partial charge in [-0.25, -0.2) is 0 Å². The van der Waals surface area contributed by atoms with Crippen LogP contribution in [0.5, 0.6) is 5.75 Å². The standard InChI is InChI=1S/C24H27ClN4O2S/c1-16-12-17(2)14-28(13-16)22(30)15-32-24-27-26-23(20-6-4-5-7-21(20)31-3)29(24)19-10-8-18(25)9-11-19/h4-11,16-17H,12-15H2,1-3H3/t16-,17-/m0/s1. The molecular weight excluding hydrogens is 444 g/mol. The van der Waals surface area contributed by atoms with E-state index in [4.69, 9.17) is 16.3 Å². The molecule has 1 aliphatic heterocycles. The first-order valence-electron chi connectivity index (χ1n) is 10.7. The number of carbonyl (C=O) groups excluding carboxylic acids is 1. The van der Waals surface area contributed by atoms with Crippen LogP contribution in [0.3, 0.4) is 0 Å². The molecule has 0 aliphatic carbocycles. The molecular formula is C24H27ClN4O2S. The fourth-order valence-corrected chi connectivity index (χ4v) is 5.25. The summed E-state index contributed by atoms with van der Waals surface area (Å²) in [7, 11) is 1.64. The van der Waals surface area contributed by atoms with E-state index in [-0.39, 0.29) is 5.91 Å². The number of carbonyl (C=O) groups is 1. The maximum atomic E-state index is 12.9. The van der Waals surface area contributed by atoms with Gasteiger partial charge in [-0.1, -0.05) is 49.3 Å². The number of benzene rings is 2. The van der Waals surface area contributed by atoms with Gasteiger partial charge in [0.25, 0.3) is 0 Å². The quantitative estimate of drug-likeness (QED) is 0.464. The van der Waals surface area contributed by atoms with Crippen molar-refractivity contribution in [2.75, 3.05) is 26.0 Å². The van der Waals surface area contributed by atoms with E-state index < -0.39 is 0 Å². The molecule has 3 aromatic rings. The molecule has 0 radical (unpaired) electrons. The minimum absolute atomic E-state index is 0.137. The smallest absolute Gasteiger partial charge is 0.233 e. The van der Waals surface area contributed by atoms with Gasteiger partial charge in [0.15, 0.2) is 11.0 Å². The van der Waals surface area contributed by atoms with Gasteiger partial charge in [-0.3, -0.25) is 9.36 Å². The third-order valence-electron chi connectivity index (χ3n) is 5.61. The van der Waals surface area contributed by atoms with Crippen molar-refractivity contribution in [3.63, 3.8) is 0 Å². The second-order valence-electron chi connectivity index (χ2n) is 8.35. The van der Waals surface area contributed by atoms with Gasteiger partial charge in [-0.2, -0.15) is 0 Å². The zero-order chi connectivity index (χ0) is 22.7. The highest BCUT2D eigenvalue weighted by Gasteiger charge is 2.26. The lowest BCUT2D eigenvalue weighted by Crippen LogP contribution is -2.43. The Balaban J connectivity index is 1.64. The molecule has 1 aliphatic rings. The summed E-state index contributed by atoms with van der Waals surface area (Å²) in [6.45, 7) is 6.06. The summed E-state index contributed by atoms with van der Waals surface area (Å²) in [5.41, 5.74) is 1.70. The van der Waals surface area contributed by atoms with E-state index in [1.54, 1.807) is 7.11 Å². The topological polar surface area (TPSA) is 60.3 Å². The number of halogens is 1. The van der Waals surface area contributed by atoms with Crippen LogP contribution < -0.4 is 4.74 Å². The van der Waals surface area contributed by atoms with Crippen molar-refractivity contribution in [2.24, 2.45) is 11.8 Å². The van der Waals surface area contributed by atoms with Crippen LogP contribution in [-0.2, 0) is 4.79 Å². The number of aromatic nitrogens is 3. The summed E-state index contributed by atoms with van der Waals surface area (Å²) >= 11 is 7.52. The fraction of sp³-hybridized carbons (Fsp3) is 0.375. The van der Waals surface area contributed by atoms with Crippen molar-refractivity contribution in [3.8, 4) is 22.8 Å². The molecule has 1 amide bonds. The highest BCUT2D eigenvalue weighted by atomic mass is 35.5. The summed E-state index contributed by atoms with van der Waals surface area (Å²) in [5, 5.41) is 10.2. The van der Waals surface area contributed by atoms with Crippen LogP contribution in [0.4, 0.5) is 0 Å². The summed E-state index contributed by atoms with van der Waals surface area (Å²) in [6.07, 6.45) is 1.17. The number of piperidine rings is 1. The zero-order valence-corrected chi connectivity index (χ0v) is 20.1. The lowest BCUT2D eigenvalue weighted by molar-refractivity contribution is -0.130. The molecule has 6 nitrogen and oxygen atoms in total. The molecule has 0 N–H and O–H groups in total. The summed E-state index contributed by atoms with van der Waals surface area (Å²) in [6, 6.07) is 15.2. The Morgan fingerprint density at radius 2 is 1.78 bits per heavy atom. The Kier molecular flexibility index (Phi) is 7.06. The second-order valence-corrected chi connectivity index (χ2v) is 9.73. The molecule has 0 saturated carbocycles. The largest absolute Gasteiger partial charge is 0.496 e. The first-order chi connectivity index (χ1) is 15.5. The number of hydrogen-bond acceptors (Lipinski definition) is 5. The Labute approximate surface area is 197 Å². The molecule has 4 rings (SSSR count). The van der Waals surface area contributed by atoms with Gasteiger partial charge < -0.3 is 9.64 Å². The summed E-state index contributed by atoms with van der Waals surface area (Å²) in [5.74, 6) is 2.87. The Morgan fingerprint density at radius 1 is 1.09 bits per heavy atom. The third-order valence-corrected chi connectivity index (χ3v) is 6.78. The Bertz CT molecular complexity index is 1080. The van der Waals surface area contributed by atoms with Crippen LogP contribution in [0, 0.1) is 11.8 Å². The summed E-state index contributed by atoms with van der Waals surface area (Å²) < 4.78 is 7.50. The van der Waals surface area contributed by atoms with Crippen molar-refractivity contribution in [1.29, 1.82) is 0 Å². The molecule has 2 aromatic carbocycles. The van der Waals surface area contributed by atoms with E-state index in [1.165, 1.54) is 18.2 Å². The van der Waals surface area contributed by atoms with Crippen LogP contribution in [0.25, 0.3) is 17.1 Å². The van der Waals surface area contributed by atoms with Gasteiger partial charge in [-0.15, -0.1) is 10.2 Å². The van der Waals surface area contributed by atoms with E-state index in [1.807, 2.05) is 58.0 Å². The maximum Gasteiger partial charge on any atom is 0.233 e. The van der Waals surface area contributed by atoms with E-state index >= 15 is 0 Å². The first kappa shape index (κ1) is 22.7. The number of para-hydroxylation sites is 1. The lowest BCUT2D eigenvalue weighted by Gasteiger charge is -2.34. The van der Waals surface area contributed by atoms with Gasteiger partial charge in [-0.05, 0) is 54.7 Å². The van der Waals surface area contributed by atoms with Gasteiger partial charge >= 0.3 is 0 Å². The highest BCUT2D eigenvalue weighted by molar-refractivity contribution is 7.99. The molecule has 1 fully saturated rings. The molecule has 0 bridgehead atoms. The van der Waals surface area contributed by atoms with Crippen molar-refractivity contribution in [2.45, 2.75) is 25.4 Å². The van der Waals surface area contributed by atoms with Gasteiger partial charge in [0.1, 0.15) is 5.75 Å². The molecule has 0 spiro atoms. The van der Waals surface area contributed by atoms with Crippen LogP contribution in [-0.4, -0.2) is 51.5 Å². The third kappa shape index (κ3) is 4.94. The Hall–Kier alpha value is -2.51. The molecule has 2 atom stereocenters. The van der Waals surface area contributed by atoms with Crippen molar-refractivity contribution < 1.29 is 9.53 Å². The number of hydrogen-bond donors (Lipinski definition) is 0. The van der Waals surface area contributed by atoms with Crippen molar-refractivity contribution >= 4 is 29.3 Å². The Morgan fingerprint density at radius 3 is 2.47 bits per heavy atom. The van der Waals surface area contributed by atoms with E-state index in [0.29, 0.717) is 39.3 Å². The normalized spacial score (nSPS) is 18.6. The molecule has 32 heavy (non-hydrogen) atoms. The SMILES string of the molecule is COc1ccccc1-c1nnc(SCC(=O)N2C[C@@H](C)C[C@H](C)C2)n1-c1ccc(Cl)cc1. The highest BCUT2D eigenvalue weighted by Crippen LogP contribution is 2.33. The number of rotatable bonds is 6.